The average Bonchev–Trinajstić information content (AvgIpc) is 3.47. The largest absolute Gasteiger partial charge is 0.343 e. The van der Waals surface area contributed by atoms with Crippen LogP contribution in [0.15, 0.2) is 67.0 Å². The van der Waals surface area contributed by atoms with E-state index in [2.05, 4.69) is 42.3 Å². The van der Waals surface area contributed by atoms with Gasteiger partial charge in [-0.3, -0.25) is 14.6 Å². The number of carbonyl (C=O) groups excluding carboxylic acids is 2. The van der Waals surface area contributed by atoms with Crippen LogP contribution in [-0.2, 0) is 9.59 Å². The van der Waals surface area contributed by atoms with Gasteiger partial charge < -0.3 is 15.6 Å². The van der Waals surface area contributed by atoms with E-state index in [9.17, 15) is 14.0 Å². The summed E-state index contributed by atoms with van der Waals surface area (Å²) >= 11 is 0. The van der Waals surface area contributed by atoms with E-state index >= 15 is 0 Å². The third-order valence-electron chi connectivity index (χ3n) is 6.08. The molecule has 2 aliphatic heterocycles. The molecule has 8 heteroatoms. The number of hydrazine groups is 2. The van der Waals surface area contributed by atoms with E-state index in [0.29, 0.717) is 5.92 Å². The van der Waals surface area contributed by atoms with Crippen molar-refractivity contribution in [3.05, 3.63) is 83.7 Å². The van der Waals surface area contributed by atoms with Crippen LogP contribution in [0.4, 0.5) is 4.39 Å². The van der Waals surface area contributed by atoms with Gasteiger partial charge in [-0.15, -0.1) is 5.53 Å². The molecule has 0 unspecified atom stereocenters. The Bertz CT molecular complexity index is 996. The second-order valence-electron chi connectivity index (χ2n) is 8.77. The van der Waals surface area contributed by atoms with Crippen molar-refractivity contribution in [1.29, 1.82) is 0 Å². The molecule has 2 amide bonds. The van der Waals surface area contributed by atoms with Crippen LogP contribution in [0, 0.1) is 0 Å². The lowest BCUT2D eigenvalue weighted by Crippen LogP contribution is -2.50. The summed E-state index contributed by atoms with van der Waals surface area (Å²) in [4.78, 5) is 27.5. The van der Waals surface area contributed by atoms with E-state index in [-0.39, 0.29) is 31.3 Å². The van der Waals surface area contributed by atoms with Crippen LogP contribution >= 0.6 is 0 Å². The summed E-state index contributed by atoms with van der Waals surface area (Å²) in [6, 6.07) is 16.6. The molecule has 7 nitrogen and oxygen atoms in total. The van der Waals surface area contributed by atoms with Crippen molar-refractivity contribution in [1.82, 2.24) is 26.2 Å². The molecule has 1 saturated heterocycles. The predicted molar refractivity (Wildman–Crippen MR) is 124 cm³/mol. The Morgan fingerprint density at radius 1 is 1.06 bits per heavy atom. The highest BCUT2D eigenvalue weighted by molar-refractivity contribution is 5.89. The third-order valence-corrected chi connectivity index (χ3v) is 6.08. The lowest BCUT2D eigenvalue weighted by atomic mass is 9.95. The molecule has 1 fully saturated rings. The molecule has 0 aromatic heterocycles. The van der Waals surface area contributed by atoms with E-state index in [1.807, 2.05) is 42.5 Å². The number of nitrogens with one attached hydrogen (secondary N) is 3. The van der Waals surface area contributed by atoms with Gasteiger partial charge in [0.15, 0.2) is 0 Å². The van der Waals surface area contributed by atoms with Crippen LogP contribution < -0.4 is 16.3 Å². The zero-order chi connectivity index (χ0) is 23.4. The molecule has 3 N–H and O–H groups in total. The predicted octanol–water partition coefficient (Wildman–Crippen LogP) is 2.75. The fourth-order valence-corrected chi connectivity index (χ4v) is 4.24. The van der Waals surface area contributed by atoms with Crippen molar-refractivity contribution >= 4 is 11.8 Å². The van der Waals surface area contributed by atoms with Gasteiger partial charge in [-0.2, -0.15) is 0 Å². The van der Waals surface area contributed by atoms with Crippen LogP contribution in [0.3, 0.4) is 0 Å². The van der Waals surface area contributed by atoms with E-state index < -0.39 is 18.3 Å². The van der Waals surface area contributed by atoms with Crippen molar-refractivity contribution in [2.75, 3.05) is 13.1 Å². The van der Waals surface area contributed by atoms with Gasteiger partial charge >= 0.3 is 0 Å². The van der Waals surface area contributed by atoms with Gasteiger partial charge in [0.25, 0.3) is 0 Å². The van der Waals surface area contributed by atoms with Gasteiger partial charge in [0.05, 0.1) is 12.6 Å². The number of benzene rings is 2. The van der Waals surface area contributed by atoms with E-state index in [4.69, 9.17) is 0 Å². The zero-order valence-electron chi connectivity index (χ0n) is 18.9. The number of likely N-dealkylation sites (tertiary alicyclic amines) is 1. The average molecular weight is 452 g/mol. The Morgan fingerprint density at radius 3 is 2.36 bits per heavy atom. The second-order valence-corrected chi connectivity index (χ2v) is 8.77. The number of carbonyl (C=O) groups is 2. The summed E-state index contributed by atoms with van der Waals surface area (Å²) in [7, 11) is 0. The Labute approximate surface area is 193 Å². The van der Waals surface area contributed by atoms with Crippen molar-refractivity contribution < 1.29 is 14.0 Å². The van der Waals surface area contributed by atoms with Gasteiger partial charge in [-0.1, -0.05) is 68.4 Å². The standard InChI is InChI=1S/C25H30FN5O2/c1-17(2)18-8-10-20(11-9-18)24(19-6-4-3-5-7-19)28-25(33)22-14-21(26)15-31(22)23(32)16-30-13-12-27-29-30/h3-13,17,21-22,24,27,29H,14-16H2,1-2H3,(H,28,33)/t21-,22+,24+/m1/s1. The lowest BCUT2D eigenvalue weighted by molar-refractivity contribution is -0.139. The summed E-state index contributed by atoms with van der Waals surface area (Å²) in [5.74, 6) is -0.263. The maximum atomic E-state index is 14.3. The normalized spacial score (nSPS) is 20.7. The van der Waals surface area contributed by atoms with E-state index in [0.717, 1.165) is 11.1 Å². The molecule has 3 atom stereocenters. The minimum absolute atomic E-state index is 0.00121. The van der Waals surface area contributed by atoms with Crippen LogP contribution in [0.2, 0.25) is 0 Å². The van der Waals surface area contributed by atoms with Crippen LogP contribution in [0.1, 0.15) is 48.9 Å². The molecule has 0 radical (unpaired) electrons. The number of hydrogen-bond acceptors (Lipinski definition) is 5. The summed E-state index contributed by atoms with van der Waals surface area (Å²) in [6.45, 7) is 4.18. The molecule has 2 aromatic rings. The zero-order valence-corrected chi connectivity index (χ0v) is 18.9. The van der Waals surface area contributed by atoms with E-state index in [1.54, 1.807) is 17.4 Å². The molecule has 0 spiro atoms. The second kappa shape index (κ2) is 10.0. The first kappa shape index (κ1) is 22.8. The highest BCUT2D eigenvalue weighted by Crippen LogP contribution is 2.27. The smallest absolute Gasteiger partial charge is 0.244 e. The van der Waals surface area contributed by atoms with Gasteiger partial charge in [-0.25, -0.2) is 4.39 Å². The molecule has 0 bridgehead atoms. The number of rotatable bonds is 7. The molecule has 2 aromatic carbocycles. The quantitative estimate of drug-likeness (QED) is 0.604. The number of halogens is 1. The molecule has 4 rings (SSSR count). The number of amides is 2. The summed E-state index contributed by atoms with van der Waals surface area (Å²) in [6.07, 6.45) is 2.08. The van der Waals surface area contributed by atoms with Gasteiger partial charge in [0, 0.05) is 18.8 Å². The SMILES string of the molecule is CC(C)c1ccc([C@@H](NC(=O)[C@@H]2C[C@@H](F)CN2C(=O)CN2C=CNN2)c2ccccc2)cc1. The first-order valence-corrected chi connectivity index (χ1v) is 11.3. The maximum absolute atomic E-state index is 14.3. The summed E-state index contributed by atoms with van der Waals surface area (Å²) in [5.41, 5.74) is 8.61. The first-order chi connectivity index (χ1) is 15.9. The minimum Gasteiger partial charge on any atom is -0.343 e. The molecule has 174 valence electrons. The third kappa shape index (κ3) is 5.34. The highest BCUT2D eigenvalue weighted by atomic mass is 19.1. The Balaban J connectivity index is 1.54. The molecule has 0 saturated carbocycles. The molecule has 33 heavy (non-hydrogen) atoms. The van der Waals surface area contributed by atoms with Crippen LogP contribution in [0.5, 0.6) is 0 Å². The highest BCUT2D eigenvalue weighted by Gasteiger charge is 2.40. The number of alkyl halides is 1. The van der Waals surface area contributed by atoms with Gasteiger partial charge in [0.1, 0.15) is 18.8 Å². The molecule has 2 heterocycles. The number of nitrogens with zero attached hydrogens (tertiary/aromatic N) is 2. The van der Waals surface area contributed by atoms with Crippen LogP contribution in [0.25, 0.3) is 0 Å². The lowest BCUT2D eigenvalue weighted by Gasteiger charge is -2.28. The maximum Gasteiger partial charge on any atom is 0.244 e. The minimum atomic E-state index is -1.23. The van der Waals surface area contributed by atoms with Gasteiger partial charge in [0.2, 0.25) is 11.8 Å². The summed E-state index contributed by atoms with van der Waals surface area (Å²) < 4.78 is 14.3. The fraction of sp³-hybridized carbons (Fsp3) is 0.360. The Kier molecular flexibility index (Phi) is 6.93. The van der Waals surface area contributed by atoms with Crippen molar-refractivity contribution in [2.45, 2.75) is 44.4 Å². The van der Waals surface area contributed by atoms with Crippen molar-refractivity contribution in [3.63, 3.8) is 0 Å². The fourth-order valence-electron chi connectivity index (χ4n) is 4.24. The first-order valence-electron chi connectivity index (χ1n) is 11.3. The van der Waals surface area contributed by atoms with Crippen molar-refractivity contribution in [2.24, 2.45) is 0 Å². The molecular weight excluding hydrogens is 421 g/mol. The molecular formula is C25H30FN5O2. The van der Waals surface area contributed by atoms with Crippen molar-refractivity contribution in [3.8, 4) is 0 Å². The summed E-state index contributed by atoms with van der Waals surface area (Å²) in [5, 5.41) is 4.63. The Morgan fingerprint density at radius 2 is 1.73 bits per heavy atom. The Hall–Kier alpha value is -3.39. The molecule has 2 aliphatic rings. The monoisotopic (exact) mass is 451 g/mol. The number of hydrogen-bond donors (Lipinski definition) is 3. The topological polar surface area (TPSA) is 76.7 Å². The van der Waals surface area contributed by atoms with Crippen LogP contribution in [-0.4, -0.2) is 47.0 Å². The van der Waals surface area contributed by atoms with E-state index in [1.165, 1.54) is 10.5 Å². The van der Waals surface area contributed by atoms with Gasteiger partial charge in [-0.05, 0) is 22.6 Å². The molecule has 0 aliphatic carbocycles.